The highest BCUT2D eigenvalue weighted by Gasteiger charge is 2.40. The summed E-state index contributed by atoms with van der Waals surface area (Å²) in [5.41, 5.74) is 0.751. The number of phenolic OH excluding ortho intramolecular Hbond substituents is 3. The van der Waals surface area contributed by atoms with E-state index in [9.17, 15) is 30.3 Å². The summed E-state index contributed by atoms with van der Waals surface area (Å²) >= 11 is 0. The highest BCUT2D eigenvalue weighted by atomic mass is 16.6. The molecule has 0 spiro atoms. The van der Waals surface area contributed by atoms with E-state index in [4.69, 9.17) is 18.9 Å². The molecule has 2 aliphatic heterocycles. The van der Waals surface area contributed by atoms with Crippen LogP contribution in [0.25, 0.3) is 0 Å². The Labute approximate surface area is 199 Å². The molecular formula is C25H22O10. The molecule has 3 aromatic carbocycles. The van der Waals surface area contributed by atoms with Gasteiger partial charge in [-0.25, -0.2) is 0 Å². The second-order valence-corrected chi connectivity index (χ2v) is 8.20. The third-order valence-corrected chi connectivity index (χ3v) is 6.00. The number of fused-ring (bicyclic) bond motifs is 2. The average Bonchev–Trinajstić information content (AvgIpc) is 2.85. The maximum atomic E-state index is 12.7. The van der Waals surface area contributed by atoms with E-state index in [0.717, 1.165) is 6.07 Å². The zero-order valence-corrected chi connectivity index (χ0v) is 18.4. The van der Waals surface area contributed by atoms with E-state index in [1.54, 1.807) is 30.3 Å². The molecule has 0 saturated heterocycles. The van der Waals surface area contributed by atoms with Gasteiger partial charge in [0, 0.05) is 17.7 Å². The lowest BCUT2D eigenvalue weighted by molar-refractivity contribution is -0.0130. The largest absolute Gasteiger partial charge is 0.508 e. The number of rotatable bonds is 4. The Morgan fingerprint density at radius 2 is 1.54 bits per heavy atom. The Morgan fingerprint density at radius 3 is 2.29 bits per heavy atom. The van der Waals surface area contributed by atoms with Gasteiger partial charge in [0.2, 0.25) is 5.78 Å². The molecule has 0 radical (unpaired) electrons. The zero-order chi connectivity index (χ0) is 24.9. The van der Waals surface area contributed by atoms with E-state index >= 15 is 0 Å². The minimum Gasteiger partial charge on any atom is -0.508 e. The first-order chi connectivity index (χ1) is 16.8. The molecule has 0 bridgehead atoms. The molecule has 2 heterocycles. The van der Waals surface area contributed by atoms with Gasteiger partial charge in [0.05, 0.1) is 13.7 Å². The van der Waals surface area contributed by atoms with Crippen molar-refractivity contribution in [3.8, 4) is 40.2 Å². The summed E-state index contributed by atoms with van der Waals surface area (Å²) in [6.07, 6.45) is -4.28. The van der Waals surface area contributed by atoms with Gasteiger partial charge in [-0.1, -0.05) is 12.1 Å². The van der Waals surface area contributed by atoms with Gasteiger partial charge in [-0.3, -0.25) is 4.79 Å². The van der Waals surface area contributed by atoms with Gasteiger partial charge in [0.15, 0.2) is 47.4 Å². The maximum absolute atomic E-state index is 12.7. The monoisotopic (exact) mass is 482 g/mol. The number of hydrogen-bond acceptors (Lipinski definition) is 10. The van der Waals surface area contributed by atoms with Crippen LogP contribution < -0.4 is 18.9 Å². The minimum absolute atomic E-state index is 0.0540. The molecule has 0 aliphatic carbocycles. The van der Waals surface area contributed by atoms with Gasteiger partial charge in [-0.15, -0.1) is 0 Å². The summed E-state index contributed by atoms with van der Waals surface area (Å²) in [4.78, 5) is 12.7. The Bertz CT molecular complexity index is 1300. The predicted molar refractivity (Wildman–Crippen MR) is 119 cm³/mol. The minimum atomic E-state index is -1.62. The summed E-state index contributed by atoms with van der Waals surface area (Å²) in [7, 11) is 1.41. The smallest absolute Gasteiger partial charge is 0.202 e. The van der Waals surface area contributed by atoms with Crippen molar-refractivity contribution in [2.75, 3.05) is 13.7 Å². The van der Waals surface area contributed by atoms with Crippen LogP contribution in [0.5, 0.6) is 40.2 Å². The molecule has 10 nitrogen and oxygen atoms in total. The lowest BCUT2D eigenvalue weighted by atomic mass is 9.92. The number of aliphatic hydroxyl groups excluding tert-OH is 2. The van der Waals surface area contributed by atoms with Crippen molar-refractivity contribution >= 4 is 5.78 Å². The molecule has 4 atom stereocenters. The van der Waals surface area contributed by atoms with Gasteiger partial charge in [0.25, 0.3) is 0 Å². The highest BCUT2D eigenvalue weighted by molar-refractivity contribution is 6.05. The molecule has 0 fully saturated rings. The average molecular weight is 482 g/mol. The third kappa shape index (κ3) is 3.82. The second-order valence-electron chi connectivity index (χ2n) is 8.20. The number of ketones is 1. The van der Waals surface area contributed by atoms with E-state index in [2.05, 4.69) is 0 Å². The fourth-order valence-electron chi connectivity index (χ4n) is 4.28. The lowest BCUT2D eigenvalue weighted by Gasteiger charge is -2.35. The number of carbonyl (C=O) groups excluding carboxylic acids is 1. The van der Waals surface area contributed by atoms with Crippen LogP contribution in [0.3, 0.4) is 0 Å². The summed E-state index contributed by atoms with van der Waals surface area (Å²) in [6, 6.07) is 11.5. The molecule has 2 aliphatic rings. The molecule has 3 aromatic rings. The Morgan fingerprint density at radius 1 is 0.829 bits per heavy atom. The van der Waals surface area contributed by atoms with Gasteiger partial charge < -0.3 is 44.5 Å². The van der Waals surface area contributed by atoms with Crippen molar-refractivity contribution in [2.24, 2.45) is 0 Å². The van der Waals surface area contributed by atoms with E-state index < -0.39 is 35.9 Å². The van der Waals surface area contributed by atoms with Crippen molar-refractivity contribution < 1.29 is 49.3 Å². The Hall–Kier alpha value is -4.15. The molecule has 0 aromatic heterocycles. The van der Waals surface area contributed by atoms with Crippen LogP contribution in [0.4, 0.5) is 0 Å². The van der Waals surface area contributed by atoms with Crippen molar-refractivity contribution in [1.29, 1.82) is 0 Å². The number of aliphatic hydroxyl groups is 2. The van der Waals surface area contributed by atoms with Crippen LogP contribution in [-0.2, 0) is 0 Å². The summed E-state index contributed by atoms with van der Waals surface area (Å²) in [5, 5.41) is 50.2. The number of hydrogen-bond donors (Lipinski definition) is 5. The number of methoxy groups -OCH3 is 1. The first-order valence-electron chi connectivity index (χ1n) is 10.7. The van der Waals surface area contributed by atoms with Crippen molar-refractivity contribution in [3.05, 3.63) is 65.2 Å². The number of benzene rings is 3. The topological polar surface area (TPSA) is 155 Å². The van der Waals surface area contributed by atoms with Crippen molar-refractivity contribution in [2.45, 2.75) is 24.4 Å². The molecule has 182 valence electrons. The second kappa shape index (κ2) is 8.57. The molecule has 0 saturated carbocycles. The van der Waals surface area contributed by atoms with Gasteiger partial charge in [-0.05, 0) is 29.8 Å². The third-order valence-electron chi connectivity index (χ3n) is 6.00. The van der Waals surface area contributed by atoms with Crippen LogP contribution in [0.15, 0.2) is 48.5 Å². The summed E-state index contributed by atoms with van der Waals surface area (Å²) in [6.45, 7) is -0.349. The SMILES string of the molecule is COc1cc(C2Oc3cc(C4Oc5cc(O)cc(O)c5C(=O)[C@@H]4O)ccc3OC2CO)ccc1O. The van der Waals surface area contributed by atoms with Crippen molar-refractivity contribution in [3.63, 3.8) is 0 Å². The molecule has 10 heteroatoms. The molecule has 5 rings (SSSR count). The van der Waals surface area contributed by atoms with Gasteiger partial charge >= 0.3 is 0 Å². The highest BCUT2D eigenvalue weighted by Crippen LogP contribution is 2.45. The molecular weight excluding hydrogens is 460 g/mol. The molecule has 35 heavy (non-hydrogen) atoms. The van der Waals surface area contributed by atoms with Crippen LogP contribution in [0, 0.1) is 0 Å². The first kappa shape index (κ1) is 22.6. The lowest BCUT2D eigenvalue weighted by Crippen LogP contribution is -2.37. The number of ether oxygens (including phenoxy) is 4. The van der Waals surface area contributed by atoms with E-state index in [1.165, 1.54) is 19.2 Å². The normalized spacial score (nSPS) is 22.8. The summed E-state index contributed by atoms with van der Waals surface area (Å²) in [5.74, 6) is -0.823. The van der Waals surface area contributed by atoms with Crippen LogP contribution in [0.2, 0.25) is 0 Å². The fraction of sp³-hybridized carbons (Fsp3) is 0.240. The Kier molecular flexibility index (Phi) is 5.54. The predicted octanol–water partition coefficient (Wildman–Crippen LogP) is 2.36. The standard InChI is InChI=1S/C25H22O10/c1-32-17-6-11(2-4-14(17)28)24-20(10-26)33-16-5-3-12(7-18(16)34-24)25-23(31)22(30)21-15(29)8-13(27)9-19(21)35-25/h2-9,20,23-29,31H,10H2,1H3/t20?,23-,24?,25?/m0/s1. The van der Waals surface area contributed by atoms with Crippen LogP contribution >= 0.6 is 0 Å². The zero-order valence-electron chi connectivity index (χ0n) is 18.4. The molecule has 5 N–H and O–H groups in total. The van der Waals surface area contributed by atoms with E-state index in [1.807, 2.05) is 0 Å². The number of aromatic hydroxyl groups is 3. The van der Waals surface area contributed by atoms with Gasteiger partial charge in [-0.2, -0.15) is 0 Å². The maximum Gasteiger partial charge on any atom is 0.202 e. The van der Waals surface area contributed by atoms with E-state index in [0.29, 0.717) is 16.9 Å². The number of Topliss-reactive ketones (excluding diaryl/α,β-unsaturated/α-hetero) is 1. The summed E-state index contributed by atoms with van der Waals surface area (Å²) < 4.78 is 23.0. The number of carbonyl (C=O) groups is 1. The molecule has 0 amide bonds. The quantitative estimate of drug-likeness (QED) is 0.374. The van der Waals surface area contributed by atoms with E-state index in [-0.39, 0.29) is 40.9 Å². The van der Waals surface area contributed by atoms with Crippen molar-refractivity contribution in [1.82, 2.24) is 0 Å². The molecule has 3 unspecified atom stereocenters. The van der Waals surface area contributed by atoms with Gasteiger partial charge in [0.1, 0.15) is 22.8 Å². The Balaban J connectivity index is 1.49. The van der Waals surface area contributed by atoms with Crippen LogP contribution in [0.1, 0.15) is 33.7 Å². The number of phenols is 3. The first-order valence-corrected chi connectivity index (χ1v) is 10.7. The fourth-order valence-corrected chi connectivity index (χ4v) is 4.28. The van der Waals surface area contributed by atoms with Crippen LogP contribution in [-0.4, -0.2) is 57.2 Å².